The molecule has 3 heterocycles. The highest BCUT2D eigenvalue weighted by molar-refractivity contribution is 7.99. The van der Waals surface area contributed by atoms with E-state index in [0.29, 0.717) is 25.2 Å². The standard InChI is InChI=1S/C23H28N4O2S/c28-21(26-12-5-2-6-13-26)18-25-14-16-27(17-15-25)23(29)20-10-7-11-24-22(20)30-19-8-3-1-4-9-19/h1,3-4,7-11H,2,5-6,12-18H2. The maximum absolute atomic E-state index is 13.2. The molecule has 2 aliphatic heterocycles. The third-order valence-corrected chi connectivity index (χ3v) is 6.71. The van der Waals surface area contributed by atoms with Crippen LogP contribution in [0, 0.1) is 0 Å². The predicted molar refractivity (Wildman–Crippen MR) is 118 cm³/mol. The highest BCUT2D eigenvalue weighted by Crippen LogP contribution is 2.29. The molecule has 2 amide bonds. The molecule has 30 heavy (non-hydrogen) atoms. The Morgan fingerprint density at radius 3 is 2.30 bits per heavy atom. The van der Waals surface area contributed by atoms with E-state index in [-0.39, 0.29) is 11.8 Å². The minimum Gasteiger partial charge on any atom is -0.342 e. The van der Waals surface area contributed by atoms with Crippen LogP contribution in [0.25, 0.3) is 0 Å². The van der Waals surface area contributed by atoms with Gasteiger partial charge in [-0.1, -0.05) is 30.0 Å². The number of amides is 2. The molecule has 0 aliphatic carbocycles. The Kier molecular flexibility index (Phi) is 7.02. The Hall–Kier alpha value is -2.38. The van der Waals surface area contributed by atoms with Crippen molar-refractivity contribution in [3.05, 3.63) is 54.2 Å². The SMILES string of the molecule is O=C(CN1CCN(C(=O)c2cccnc2Sc2ccccc2)CC1)N1CCCCC1. The first kappa shape index (κ1) is 20.9. The minimum atomic E-state index is 0.0172. The van der Waals surface area contributed by atoms with E-state index >= 15 is 0 Å². The molecule has 2 aliphatic rings. The van der Waals surface area contributed by atoms with Crippen LogP contribution in [0.5, 0.6) is 0 Å². The minimum absolute atomic E-state index is 0.0172. The van der Waals surface area contributed by atoms with Crippen molar-refractivity contribution in [2.75, 3.05) is 45.8 Å². The lowest BCUT2D eigenvalue weighted by Gasteiger charge is -2.36. The molecule has 2 fully saturated rings. The van der Waals surface area contributed by atoms with Gasteiger partial charge in [-0.15, -0.1) is 0 Å². The molecular weight excluding hydrogens is 396 g/mol. The molecule has 0 saturated carbocycles. The van der Waals surface area contributed by atoms with Crippen LogP contribution in [0.4, 0.5) is 0 Å². The van der Waals surface area contributed by atoms with Crippen molar-refractivity contribution >= 4 is 23.6 Å². The molecule has 6 nitrogen and oxygen atoms in total. The number of carbonyl (C=O) groups is 2. The van der Waals surface area contributed by atoms with Crippen LogP contribution in [0.15, 0.2) is 58.6 Å². The number of carbonyl (C=O) groups excluding carboxylic acids is 2. The second kappa shape index (κ2) is 10.1. The monoisotopic (exact) mass is 424 g/mol. The molecule has 1 aromatic carbocycles. The zero-order valence-electron chi connectivity index (χ0n) is 17.2. The molecule has 2 aromatic rings. The molecule has 0 spiro atoms. The van der Waals surface area contributed by atoms with Gasteiger partial charge in [-0.25, -0.2) is 4.98 Å². The van der Waals surface area contributed by atoms with E-state index in [1.807, 2.05) is 52.3 Å². The van der Waals surface area contributed by atoms with E-state index in [1.165, 1.54) is 18.2 Å². The number of piperidine rings is 1. The summed E-state index contributed by atoms with van der Waals surface area (Å²) >= 11 is 1.51. The van der Waals surface area contributed by atoms with Crippen LogP contribution in [0.1, 0.15) is 29.6 Å². The van der Waals surface area contributed by atoms with Gasteiger partial charge in [0, 0.05) is 50.4 Å². The summed E-state index contributed by atoms with van der Waals surface area (Å²) in [6.07, 6.45) is 5.18. The highest BCUT2D eigenvalue weighted by atomic mass is 32.2. The predicted octanol–water partition coefficient (Wildman–Crippen LogP) is 3.00. The van der Waals surface area contributed by atoms with Gasteiger partial charge in [0.15, 0.2) is 0 Å². The van der Waals surface area contributed by atoms with Gasteiger partial charge in [0.1, 0.15) is 5.03 Å². The lowest BCUT2D eigenvalue weighted by Crippen LogP contribution is -2.52. The summed E-state index contributed by atoms with van der Waals surface area (Å²) in [5.74, 6) is 0.242. The molecule has 0 atom stereocenters. The van der Waals surface area contributed by atoms with Crippen molar-refractivity contribution in [2.45, 2.75) is 29.2 Å². The zero-order chi connectivity index (χ0) is 20.8. The molecular formula is C23H28N4O2S. The average Bonchev–Trinajstić information content (AvgIpc) is 2.81. The van der Waals surface area contributed by atoms with Crippen molar-refractivity contribution in [3.8, 4) is 0 Å². The largest absolute Gasteiger partial charge is 0.342 e. The second-order valence-corrected chi connectivity index (χ2v) is 8.84. The van der Waals surface area contributed by atoms with Gasteiger partial charge in [0.25, 0.3) is 5.91 Å². The number of hydrogen-bond donors (Lipinski definition) is 0. The summed E-state index contributed by atoms with van der Waals surface area (Å²) in [5.41, 5.74) is 0.643. The smallest absolute Gasteiger partial charge is 0.256 e. The molecule has 1 aromatic heterocycles. The maximum Gasteiger partial charge on any atom is 0.256 e. The van der Waals surface area contributed by atoms with Gasteiger partial charge < -0.3 is 9.80 Å². The zero-order valence-corrected chi connectivity index (χ0v) is 18.0. The maximum atomic E-state index is 13.2. The van der Waals surface area contributed by atoms with E-state index < -0.39 is 0 Å². The highest BCUT2D eigenvalue weighted by Gasteiger charge is 2.26. The number of rotatable bonds is 5. The number of benzene rings is 1. The van der Waals surface area contributed by atoms with Crippen molar-refractivity contribution in [2.24, 2.45) is 0 Å². The Labute approximate surface area is 182 Å². The van der Waals surface area contributed by atoms with Gasteiger partial charge >= 0.3 is 0 Å². The van der Waals surface area contributed by atoms with E-state index in [2.05, 4.69) is 9.88 Å². The molecule has 158 valence electrons. The normalized spacial score (nSPS) is 17.7. The topological polar surface area (TPSA) is 56.8 Å². The van der Waals surface area contributed by atoms with E-state index in [9.17, 15) is 9.59 Å². The third kappa shape index (κ3) is 5.21. The van der Waals surface area contributed by atoms with Gasteiger partial charge in [0.2, 0.25) is 5.91 Å². The first-order valence-electron chi connectivity index (χ1n) is 10.7. The molecule has 0 radical (unpaired) electrons. The van der Waals surface area contributed by atoms with Crippen molar-refractivity contribution < 1.29 is 9.59 Å². The summed E-state index contributed by atoms with van der Waals surface area (Å²) in [4.78, 5) is 37.2. The fourth-order valence-corrected chi connectivity index (χ4v) is 4.84. The van der Waals surface area contributed by atoms with Crippen LogP contribution in [0.2, 0.25) is 0 Å². The van der Waals surface area contributed by atoms with Gasteiger partial charge in [-0.05, 0) is 43.5 Å². The number of nitrogens with zero attached hydrogens (tertiary/aromatic N) is 4. The summed E-state index contributed by atoms with van der Waals surface area (Å²) < 4.78 is 0. The number of pyridine rings is 1. The number of likely N-dealkylation sites (tertiary alicyclic amines) is 1. The summed E-state index contributed by atoms with van der Waals surface area (Å²) in [6, 6.07) is 13.7. The molecule has 0 unspecified atom stereocenters. The number of aromatic nitrogens is 1. The molecule has 7 heteroatoms. The van der Waals surface area contributed by atoms with Gasteiger partial charge in [-0.3, -0.25) is 14.5 Å². The Bertz CT molecular complexity index is 863. The van der Waals surface area contributed by atoms with Crippen LogP contribution in [-0.4, -0.2) is 77.3 Å². The summed E-state index contributed by atoms with van der Waals surface area (Å²) in [7, 11) is 0. The number of piperazine rings is 1. The average molecular weight is 425 g/mol. The fraction of sp³-hybridized carbons (Fsp3) is 0.435. The van der Waals surface area contributed by atoms with E-state index in [0.717, 1.165) is 48.9 Å². The third-order valence-electron chi connectivity index (χ3n) is 5.69. The molecule has 4 rings (SSSR count). The van der Waals surface area contributed by atoms with Crippen molar-refractivity contribution in [1.82, 2.24) is 19.7 Å². The van der Waals surface area contributed by atoms with Crippen molar-refractivity contribution in [1.29, 1.82) is 0 Å². The van der Waals surface area contributed by atoms with Crippen LogP contribution < -0.4 is 0 Å². The van der Waals surface area contributed by atoms with E-state index in [4.69, 9.17) is 0 Å². The first-order valence-corrected chi connectivity index (χ1v) is 11.5. The first-order chi connectivity index (χ1) is 14.7. The molecule has 2 saturated heterocycles. The van der Waals surface area contributed by atoms with Crippen LogP contribution >= 0.6 is 11.8 Å². The van der Waals surface area contributed by atoms with Crippen LogP contribution in [-0.2, 0) is 4.79 Å². The number of hydrogen-bond acceptors (Lipinski definition) is 5. The second-order valence-electron chi connectivity index (χ2n) is 7.78. The van der Waals surface area contributed by atoms with E-state index in [1.54, 1.807) is 6.20 Å². The summed E-state index contributed by atoms with van der Waals surface area (Å²) in [5, 5.41) is 0.733. The summed E-state index contributed by atoms with van der Waals surface area (Å²) in [6.45, 7) is 4.97. The molecule has 0 N–H and O–H groups in total. The Balaban J connectivity index is 1.34. The lowest BCUT2D eigenvalue weighted by molar-refractivity contribution is -0.133. The van der Waals surface area contributed by atoms with Crippen LogP contribution in [0.3, 0.4) is 0 Å². The fourth-order valence-electron chi connectivity index (χ4n) is 3.95. The van der Waals surface area contributed by atoms with Gasteiger partial charge in [0.05, 0.1) is 12.1 Å². The lowest BCUT2D eigenvalue weighted by atomic mass is 10.1. The molecule has 0 bridgehead atoms. The Morgan fingerprint density at radius 2 is 1.57 bits per heavy atom. The Morgan fingerprint density at radius 1 is 0.833 bits per heavy atom. The van der Waals surface area contributed by atoms with Crippen molar-refractivity contribution in [3.63, 3.8) is 0 Å². The van der Waals surface area contributed by atoms with Gasteiger partial charge in [-0.2, -0.15) is 0 Å². The quantitative estimate of drug-likeness (QED) is 0.739.